The number of carbonyl (C=O) groups excluding carboxylic acids is 3. The van der Waals surface area contributed by atoms with E-state index in [1.807, 2.05) is 40.1 Å². The summed E-state index contributed by atoms with van der Waals surface area (Å²) in [6.07, 6.45) is 2.62. The SMILES string of the molecule is CC(=O)Nc1ccc(CC(=O)N2CCN(C(=O)CCCc3ccccc3)CC2)cc1. The molecular weight excluding hydrogens is 378 g/mol. The van der Waals surface area contributed by atoms with E-state index in [0.29, 0.717) is 39.0 Å². The number of anilines is 1. The Balaban J connectivity index is 1.39. The molecule has 0 bridgehead atoms. The third-order valence-electron chi connectivity index (χ3n) is 5.31. The van der Waals surface area contributed by atoms with Crippen LogP contribution < -0.4 is 5.32 Å². The van der Waals surface area contributed by atoms with Crippen molar-refractivity contribution in [1.29, 1.82) is 0 Å². The average Bonchev–Trinajstić information content (AvgIpc) is 2.75. The van der Waals surface area contributed by atoms with Gasteiger partial charge in [0.15, 0.2) is 0 Å². The maximum atomic E-state index is 12.6. The molecule has 3 rings (SSSR count). The van der Waals surface area contributed by atoms with Crippen molar-refractivity contribution in [2.75, 3.05) is 31.5 Å². The number of nitrogens with one attached hydrogen (secondary N) is 1. The second-order valence-corrected chi connectivity index (χ2v) is 7.66. The molecule has 0 spiro atoms. The van der Waals surface area contributed by atoms with Crippen molar-refractivity contribution in [1.82, 2.24) is 9.80 Å². The number of piperazine rings is 1. The lowest BCUT2D eigenvalue weighted by Crippen LogP contribution is -2.51. The van der Waals surface area contributed by atoms with Crippen LogP contribution >= 0.6 is 0 Å². The molecule has 0 aliphatic carbocycles. The zero-order valence-electron chi connectivity index (χ0n) is 17.5. The van der Waals surface area contributed by atoms with E-state index in [1.165, 1.54) is 12.5 Å². The number of aryl methyl sites for hydroxylation is 1. The lowest BCUT2D eigenvalue weighted by Gasteiger charge is -2.35. The van der Waals surface area contributed by atoms with Crippen LogP contribution in [0.3, 0.4) is 0 Å². The minimum absolute atomic E-state index is 0.0680. The highest BCUT2D eigenvalue weighted by atomic mass is 16.2. The van der Waals surface area contributed by atoms with Gasteiger partial charge in [0.2, 0.25) is 17.7 Å². The van der Waals surface area contributed by atoms with Gasteiger partial charge < -0.3 is 15.1 Å². The van der Waals surface area contributed by atoms with E-state index in [2.05, 4.69) is 17.4 Å². The van der Waals surface area contributed by atoms with Gasteiger partial charge >= 0.3 is 0 Å². The maximum absolute atomic E-state index is 12.6. The molecule has 0 saturated carbocycles. The predicted octanol–water partition coefficient (Wildman–Crippen LogP) is 2.88. The zero-order chi connectivity index (χ0) is 21.3. The minimum Gasteiger partial charge on any atom is -0.339 e. The summed E-state index contributed by atoms with van der Waals surface area (Å²) in [5.41, 5.74) is 2.89. The number of carbonyl (C=O) groups is 3. The van der Waals surface area contributed by atoms with E-state index in [9.17, 15) is 14.4 Å². The molecule has 30 heavy (non-hydrogen) atoms. The molecule has 3 amide bonds. The molecule has 158 valence electrons. The fourth-order valence-corrected chi connectivity index (χ4v) is 3.65. The van der Waals surface area contributed by atoms with Crippen LogP contribution in [0, 0.1) is 0 Å². The van der Waals surface area contributed by atoms with Crippen molar-refractivity contribution in [3.8, 4) is 0 Å². The number of rotatable bonds is 7. The molecule has 0 aromatic heterocycles. The van der Waals surface area contributed by atoms with Crippen molar-refractivity contribution in [3.63, 3.8) is 0 Å². The highest BCUT2D eigenvalue weighted by Gasteiger charge is 2.23. The largest absolute Gasteiger partial charge is 0.339 e. The second kappa shape index (κ2) is 10.6. The lowest BCUT2D eigenvalue weighted by molar-refractivity contribution is -0.139. The van der Waals surface area contributed by atoms with Gasteiger partial charge in [-0.2, -0.15) is 0 Å². The highest BCUT2D eigenvalue weighted by molar-refractivity contribution is 5.88. The molecule has 1 aliphatic rings. The molecule has 0 radical (unpaired) electrons. The molecule has 2 aromatic carbocycles. The summed E-state index contributed by atoms with van der Waals surface area (Å²) in [4.78, 5) is 39.8. The number of nitrogens with zero attached hydrogens (tertiary/aromatic N) is 2. The van der Waals surface area contributed by atoms with Crippen LogP contribution in [0.1, 0.15) is 30.9 Å². The van der Waals surface area contributed by atoms with E-state index in [0.717, 1.165) is 24.1 Å². The lowest BCUT2D eigenvalue weighted by atomic mass is 10.1. The molecule has 0 unspecified atom stereocenters. The molecule has 1 saturated heterocycles. The predicted molar refractivity (Wildman–Crippen MR) is 117 cm³/mol. The Morgan fingerprint density at radius 2 is 1.40 bits per heavy atom. The van der Waals surface area contributed by atoms with E-state index in [-0.39, 0.29) is 17.7 Å². The Kier molecular flexibility index (Phi) is 7.60. The number of benzene rings is 2. The fourth-order valence-electron chi connectivity index (χ4n) is 3.65. The quantitative estimate of drug-likeness (QED) is 0.767. The number of amides is 3. The van der Waals surface area contributed by atoms with E-state index in [4.69, 9.17) is 0 Å². The summed E-state index contributed by atoms with van der Waals surface area (Å²) in [5, 5.41) is 2.72. The summed E-state index contributed by atoms with van der Waals surface area (Å²) in [6.45, 7) is 3.81. The van der Waals surface area contributed by atoms with Gasteiger partial charge in [-0.05, 0) is 36.1 Å². The van der Waals surface area contributed by atoms with Gasteiger partial charge in [-0.3, -0.25) is 14.4 Å². The molecule has 1 fully saturated rings. The Labute approximate surface area is 177 Å². The number of hydrogen-bond donors (Lipinski definition) is 1. The summed E-state index contributed by atoms with van der Waals surface area (Å²) >= 11 is 0. The molecule has 2 aromatic rings. The zero-order valence-corrected chi connectivity index (χ0v) is 17.5. The third kappa shape index (κ3) is 6.44. The molecular formula is C24H29N3O3. The van der Waals surface area contributed by atoms with Gasteiger partial charge in [-0.25, -0.2) is 0 Å². The Bertz CT molecular complexity index is 857. The van der Waals surface area contributed by atoms with Crippen molar-refractivity contribution in [2.45, 2.75) is 32.6 Å². The fraction of sp³-hybridized carbons (Fsp3) is 0.375. The normalized spacial score (nSPS) is 13.8. The smallest absolute Gasteiger partial charge is 0.227 e. The molecule has 1 N–H and O–H groups in total. The van der Waals surface area contributed by atoms with Gasteiger partial charge in [-0.1, -0.05) is 42.5 Å². The van der Waals surface area contributed by atoms with Gasteiger partial charge in [0, 0.05) is 45.2 Å². The van der Waals surface area contributed by atoms with Crippen LogP contribution in [0.15, 0.2) is 54.6 Å². The van der Waals surface area contributed by atoms with Gasteiger partial charge in [0.25, 0.3) is 0 Å². The molecule has 6 nitrogen and oxygen atoms in total. The van der Waals surface area contributed by atoms with Gasteiger partial charge in [-0.15, -0.1) is 0 Å². The topological polar surface area (TPSA) is 69.7 Å². The summed E-state index contributed by atoms with van der Waals surface area (Å²) < 4.78 is 0. The first-order chi connectivity index (χ1) is 14.5. The van der Waals surface area contributed by atoms with Gasteiger partial charge in [0.1, 0.15) is 0 Å². The van der Waals surface area contributed by atoms with E-state index < -0.39 is 0 Å². The summed E-state index contributed by atoms with van der Waals surface area (Å²) in [5.74, 6) is 0.122. The van der Waals surface area contributed by atoms with Crippen LogP contribution in [0.25, 0.3) is 0 Å². The van der Waals surface area contributed by atoms with E-state index in [1.54, 1.807) is 12.1 Å². The molecule has 0 atom stereocenters. The number of hydrogen-bond acceptors (Lipinski definition) is 3. The highest BCUT2D eigenvalue weighted by Crippen LogP contribution is 2.13. The van der Waals surface area contributed by atoms with Crippen LogP contribution in [0.4, 0.5) is 5.69 Å². The average molecular weight is 408 g/mol. The molecule has 1 heterocycles. The maximum Gasteiger partial charge on any atom is 0.227 e. The molecule has 6 heteroatoms. The monoisotopic (exact) mass is 407 g/mol. The second-order valence-electron chi connectivity index (χ2n) is 7.66. The molecule has 1 aliphatic heterocycles. The van der Waals surface area contributed by atoms with Crippen LogP contribution in [0.5, 0.6) is 0 Å². The minimum atomic E-state index is -0.119. The first-order valence-electron chi connectivity index (χ1n) is 10.5. The van der Waals surface area contributed by atoms with Crippen molar-refractivity contribution < 1.29 is 14.4 Å². The van der Waals surface area contributed by atoms with E-state index >= 15 is 0 Å². The summed E-state index contributed by atoms with van der Waals surface area (Å²) in [7, 11) is 0. The van der Waals surface area contributed by atoms with Crippen LogP contribution in [0.2, 0.25) is 0 Å². The Hall–Kier alpha value is -3.15. The van der Waals surface area contributed by atoms with Gasteiger partial charge in [0.05, 0.1) is 6.42 Å². The first-order valence-corrected chi connectivity index (χ1v) is 10.5. The Morgan fingerprint density at radius 3 is 2.00 bits per heavy atom. The first kappa shape index (κ1) is 21.6. The van der Waals surface area contributed by atoms with Crippen molar-refractivity contribution in [3.05, 3.63) is 65.7 Å². The van der Waals surface area contributed by atoms with Crippen molar-refractivity contribution >= 4 is 23.4 Å². The Morgan fingerprint density at radius 1 is 0.800 bits per heavy atom. The standard InChI is InChI=1S/C24H29N3O3/c1-19(28)25-22-12-10-21(11-13-22)18-24(30)27-16-14-26(15-17-27)23(29)9-5-8-20-6-3-2-4-7-20/h2-4,6-7,10-13H,5,8-9,14-18H2,1H3,(H,25,28). The summed E-state index contributed by atoms with van der Waals surface area (Å²) in [6, 6.07) is 17.5. The van der Waals surface area contributed by atoms with Crippen LogP contribution in [-0.4, -0.2) is 53.7 Å². The van der Waals surface area contributed by atoms with Crippen molar-refractivity contribution in [2.24, 2.45) is 0 Å². The van der Waals surface area contributed by atoms with Crippen LogP contribution in [-0.2, 0) is 27.2 Å². The third-order valence-corrected chi connectivity index (χ3v) is 5.31.